The molecule has 1 aliphatic carbocycles. The number of anilines is 1. The van der Waals surface area contributed by atoms with Gasteiger partial charge >= 0.3 is 0 Å². The van der Waals surface area contributed by atoms with Crippen LogP contribution in [0.25, 0.3) is 0 Å². The Morgan fingerprint density at radius 1 is 1.35 bits per heavy atom. The Morgan fingerprint density at radius 3 is 2.90 bits per heavy atom. The van der Waals surface area contributed by atoms with Crippen molar-refractivity contribution in [2.45, 2.75) is 45.1 Å². The van der Waals surface area contributed by atoms with Crippen LogP contribution in [0.3, 0.4) is 0 Å². The topological polar surface area (TPSA) is 80.0 Å². The van der Waals surface area contributed by atoms with Gasteiger partial charge < -0.3 is 10.7 Å². The molecule has 0 spiro atoms. The zero-order chi connectivity index (χ0) is 14.5. The molecule has 1 saturated carbocycles. The minimum atomic E-state index is -0.120. The monoisotopic (exact) mass is 296 g/mol. The van der Waals surface area contributed by atoms with Crippen LogP contribution in [0.2, 0.25) is 5.15 Å². The fraction of sp³-hybridized carbons (Fsp3) is 0.571. The first-order chi connectivity index (χ1) is 9.58. The number of hydrogen-bond donors (Lipinski definition) is 3. The number of hydrazine groups is 1. The van der Waals surface area contributed by atoms with Crippen LogP contribution in [0.15, 0.2) is 12.1 Å². The molecule has 5 nitrogen and oxygen atoms in total. The fourth-order valence-electron chi connectivity index (χ4n) is 2.60. The van der Waals surface area contributed by atoms with Gasteiger partial charge in [0.25, 0.3) is 5.91 Å². The minimum Gasteiger partial charge on any atom is -0.349 e. The Morgan fingerprint density at radius 2 is 2.15 bits per heavy atom. The molecule has 1 aromatic heterocycles. The van der Waals surface area contributed by atoms with Crippen LogP contribution >= 0.6 is 11.6 Å². The number of carbonyl (C=O) groups excluding carboxylic acids is 1. The number of carbonyl (C=O) groups is 1. The summed E-state index contributed by atoms with van der Waals surface area (Å²) in [5, 5.41) is 3.33. The molecular formula is C14H21ClN4O. The third-order valence-corrected chi connectivity index (χ3v) is 3.99. The van der Waals surface area contributed by atoms with Crippen molar-refractivity contribution >= 4 is 23.3 Å². The number of nitrogens with one attached hydrogen (secondary N) is 2. The first-order valence-electron chi connectivity index (χ1n) is 7.03. The van der Waals surface area contributed by atoms with E-state index >= 15 is 0 Å². The lowest BCUT2D eigenvalue weighted by molar-refractivity contribution is 0.0933. The molecule has 0 saturated heterocycles. The third kappa shape index (κ3) is 4.08. The lowest BCUT2D eigenvalue weighted by Gasteiger charge is -2.16. The summed E-state index contributed by atoms with van der Waals surface area (Å²) in [6.07, 6.45) is 5.65. The van der Waals surface area contributed by atoms with Gasteiger partial charge in [-0.05, 0) is 37.3 Å². The Kier molecular flexibility index (Phi) is 5.20. The molecule has 1 amide bonds. The third-order valence-electron chi connectivity index (χ3n) is 3.80. The largest absolute Gasteiger partial charge is 0.349 e. The molecule has 1 fully saturated rings. The van der Waals surface area contributed by atoms with Gasteiger partial charge in [0.2, 0.25) is 0 Å². The summed E-state index contributed by atoms with van der Waals surface area (Å²) in [6, 6.07) is 3.39. The van der Waals surface area contributed by atoms with Gasteiger partial charge in [0.1, 0.15) is 11.0 Å². The summed E-state index contributed by atoms with van der Waals surface area (Å²) >= 11 is 5.87. The number of aromatic nitrogens is 1. The average molecular weight is 297 g/mol. The summed E-state index contributed by atoms with van der Waals surface area (Å²) in [7, 11) is 0. The molecule has 1 aliphatic rings. The molecule has 6 heteroatoms. The van der Waals surface area contributed by atoms with Crippen molar-refractivity contribution in [2.75, 3.05) is 5.43 Å². The number of pyridine rings is 1. The Balaban J connectivity index is 2.02. The SMILES string of the molecule is CC1CCCC(NC(=O)c2cc(Cl)nc(NN)c2)CC1. The van der Waals surface area contributed by atoms with Gasteiger partial charge in [-0.1, -0.05) is 31.4 Å². The normalized spacial score (nSPS) is 22.9. The van der Waals surface area contributed by atoms with Crippen molar-refractivity contribution in [1.82, 2.24) is 10.3 Å². The lowest BCUT2D eigenvalue weighted by Crippen LogP contribution is -2.34. The Hall–Kier alpha value is -1.33. The van der Waals surface area contributed by atoms with Crippen LogP contribution < -0.4 is 16.6 Å². The minimum absolute atomic E-state index is 0.120. The molecular weight excluding hydrogens is 276 g/mol. The quantitative estimate of drug-likeness (QED) is 0.347. The van der Waals surface area contributed by atoms with Gasteiger partial charge in [-0.3, -0.25) is 4.79 Å². The van der Waals surface area contributed by atoms with Crippen molar-refractivity contribution in [3.63, 3.8) is 0 Å². The van der Waals surface area contributed by atoms with Crippen LogP contribution in [-0.4, -0.2) is 16.9 Å². The molecule has 4 N–H and O–H groups in total. The maximum absolute atomic E-state index is 12.3. The van der Waals surface area contributed by atoms with Gasteiger partial charge in [0, 0.05) is 11.6 Å². The summed E-state index contributed by atoms with van der Waals surface area (Å²) in [6.45, 7) is 2.27. The van der Waals surface area contributed by atoms with Crippen LogP contribution in [0.5, 0.6) is 0 Å². The number of hydrogen-bond acceptors (Lipinski definition) is 4. The highest BCUT2D eigenvalue weighted by molar-refractivity contribution is 6.29. The number of rotatable bonds is 3. The molecule has 2 atom stereocenters. The second-order valence-corrected chi connectivity index (χ2v) is 5.88. The maximum Gasteiger partial charge on any atom is 0.251 e. The fourth-order valence-corrected chi connectivity index (χ4v) is 2.81. The molecule has 0 bridgehead atoms. The molecule has 2 unspecified atom stereocenters. The highest BCUT2D eigenvalue weighted by Gasteiger charge is 2.19. The van der Waals surface area contributed by atoms with E-state index in [9.17, 15) is 4.79 Å². The van der Waals surface area contributed by atoms with E-state index in [0.717, 1.165) is 25.2 Å². The van der Waals surface area contributed by atoms with Crippen molar-refractivity contribution in [2.24, 2.45) is 11.8 Å². The van der Waals surface area contributed by atoms with Gasteiger partial charge in [0.15, 0.2) is 0 Å². The van der Waals surface area contributed by atoms with E-state index in [1.165, 1.54) is 12.8 Å². The predicted octanol–water partition coefficient (Wildman–Crippen LogP) is 2.72. The lowest BCUT2D eigenvalue weighted by atomic mass is 10.0. The van der Waals surface area contributed by atoms with E-state index in [-0.39, 0.29) is 17.1 Å². The molecule has 1 aromatic rings. The summed E-state index contributed by atoms with van der Waals surface area (Å²) < 4.78 is 0. The number of nitrogens with two attached hydrogens (primary N) is 1. The number of amides is 1. The summed E-state index contributed by atoms with van der Waals surface area (Å²) in [5.41, 5.74) is 2.89. The smallest absolute Gasteiger partial charge is 0.251 e. The Bertz CT molecular complexity index is 480. The van der Waals surface area contributed by atoms with Gasteiger partial charge in [-0.15, -0.1) is 0 Å². The molecule has 2 rings (SSSR count). The van der Waals surface area contributed by atoms with Crippen molar-refractivity contribution < 1.29 is 4.79 Å². The first-order valence-corrected chi connectivity index (χ1v) is 7.41. The van der Waals surface area contributed by atoms with Crippen LogP contribution in [0, 0.1) is 5.92 Å². The highest BCUT2D eigenvalue weighted by Crippen LogP contribution is 2.23. The standard InChI is InChI=1S/C14H21ClN4O/c1-9-3-2-4-11(6-5-9)17-14(20)10-7-12(15)18-13(8-10)19-16/h7-9,11H,2-6,16H2,1H3,(H,17,20)(H,18,19). The molecule has 110 valence electrons. The maximum atomic E-state index is 12.3. The summed E-state index contributed by atoms with van der Waals surface area (Å²) in [4.78, 5) is 16.2. The van der Waals surface area contributed by atoms with Crippen molar-refractivity contribution in [3.05, 3.63) is 22.8 Å². The Labute approximate surface area is 124 Å². The molecule has 20 heavy (non-hydrogen) atoms. The number of nitrogen functional groups attached to an aromatic ring is 1. The molecule has 0 aromatic carbocycles. The van der Waals surface area contributed by atoms with Gasteiger partial charge in [-0.2, -0.15) is 0 Å². The van der Waals surface area contributed by atoms with E-state index in [2.05, 4.69) is 22.7 Å². The first kappa shape index (κ1) is 15.1. The van der Waals surface area contributed by atoms with Crippen molar-refractivity contribution in [1.29, 1.82) is 0 Å². The number of halogens is 1. The van der Waals surface area contributed by atoms with Crippen LogP contribution in [-0.2, 0) is 0 Å². The second kappa shape index (κ2) is 6.90. The zero-order valence-corrected chi connectivity index (χ0v) is 12.4. The van der Waals surface area contributed by atoms with Gasteiger partial charge in [0.05, 0.1) is 0 Å². The van der Waals surface area contributed by atoms with Crippen LogP contribution in [0.1, 0.15) is 49.4 Å². The number of nitrogens with zero attached hydrogens (tertiary/aromatic N) is 1. The highest BCUT2D eigenvalue weighted by atomic mass is 35.5. The van der Waals surface area contributed by atoms with E-state index < -0.39 is 0 Å². The van der Waals surface area contributed by atoms with E-state index in [4.69, 9.17) is 17.4 Å². The van der Waals surface area contributed by atoms with Gasteiger partial charge in [-0.25, -0.2) is 10.8 Å². The van der Waals surface area contributed by atoms with E-state index in [0.29, 0.717) is 11.4 Å². The molecule has 0 aliphatic heterocycles. The predicted molar refractivity (Wildman–Crippen MR) is 80.6 cm³/mol. The molecule has 0 radical (unpaired) electrons. The second-order valence-electron chi connectivity index (χ2n) is 5.49. The van der Waals surface area contributed by atoms with Crippen LogP contribution in [0.4, 0.5) is 5.82 Å². The van der Waals surface area contributed by atoms with Crippen molar-refractivity contribution in [3.8, 4) is 0 Å². The van der Waals surface area contributed by atoms with E-state index in [1.807, 2.05) is 0 Å². The molecule has 1 heterocycles. The average Bonchev–Trinajstić information content (AvgIpc) is 2.63. The van der Waals surface area contributed by atoms with E-state index in [1.54, 1.807) is 12.1 Å². The summed E-state index contributed by atoms with van der Waals surface area (Å²) in [5.74, 6) is 6.32. The zero-order valence-electron chi connectivity index (χ0n) is 11.7.